The van der Waals surface area contributed by atoms with E-state index < -0.39 is 11.8 Å². The first-order valence-corrected chi connectivity index (χ1v) is 13.2. The lowest BCUT2D eigenvalue weighted by Gasteiger charge is -2.35. The van der Waals surface area contributed by atoms with Crippen LogP contribution in [0.15, 0.2) is 42.5 Å². The normalized spacial score (nSPS) is 15.1. The Morgan fingerprint density at radius 2 is 1.71 bits per heavy atom. The van der Waals surface area contributed by atoms with E-state index in [2.05, 4.69) is 20.9 Å². The Labute approximate surface area is 225 Å². The lowest BCUT2D eigenvalue weighted by Crippen LogP contribution is -2.48. The maximum Gasteiger partial charge on any atom is 0.319 e. The highest BCUT2D eigenvalue weighted by Gasteiger charge is 2.23. The molecule has 1 atom stereocenters. The van der Waals surface area contributed by atoms with Gasteiger partial charge in [-0.05, 0) is 54.7 Å². The van der Waals surface area contributed by atoms with E-state index in [1.165, 1.54) is 18.2 Å². The summed E-state index contributed by atoms with van der Waals surface area (Å²) in [6.07, 6.45) is 0.872. The quantitative estimate of drug-likeness (QED) is 0.474. The number of anilines is 1. The molecule has 3 N–H and O–H groups in total. The Balaban J connectivity index is 1.52. The Hall–Kier alpha value is -3.46. The van der Waals surface area contributed by atoms with Crippen molar-refractivity contribution in [2.45, 2.75) is 53.6 Å². The summed E-state index contributed by atoms with van der Waals surface area (Å²) >= 11 is 0. The minimum Gasteiger partial charge on any atom is -0.350 e. The molecule has 8 nitrogen and oxygen atoms in total. The van der Waals surface area contributed by atoms with Gasteiger partial charge in [-0.25, -0.2) is 9.18 Å². The SMILES string of the molecule is CC[C@@H](C)NC(=O)c1cccc(CN2CCN(C(=O)c3ccc(NC(=O)NCC(C)(C)C)c(F)c3)CC2)c1. The Bertz CT molecular complexity index is 1140. The largest absolute Gasteiger partial charge is 0.350 e. The average molecular weight is 526 g/mol. The van der Waals surface area contributed by atoms with Crippen molar-refractivity contribution < 1.29 is 18.8 Å². The van der Waals surface area contributed by atoms with Gasteiger partial charge in [0, 0.05) is 56.4 Å². The molecule has 9 heteroatoms. The summed E-state index contributed by atoms with van der Waals surface area (Å²) in [5, 5.41) is 8.20. The molecule has 0 bridgehead atoms. The number of rotatable bonds is 8. The highest BCUT2D eigenvalue weighted by molar-refractivity contribution is 5.96. The van der Waals surface area contributed by atoms with Gasteiger partial charge in [0.15, 0.2) is 0 Å². The molecule has 4 amide bonds. The van der Waals surface area contributed by atoms with Gasteiger partial charge in [-0.2, -0.15) is 0 Å². The zero-order chi connectivity index (χ0) is 27.9. The van der Waals surface area contributed by atoms with Crippen molar-refractivity contribution in [2.75, 3.05) is 38.0 Å². The smallest absolute Gasteiger partial charge is 0.319 e. The third-order valence-corrected chi connectivity index (χ3v) is 6.49. The molecule has 0 spiro atoms. The van der Waals surface area contributed by atoms with Crippen LogP contribution < -0.4 is 16.0 Å². The van der Waals surface area contributed by atoms with Crippen LogP contribution >= 0.6 is 0 Å². The summed E-state index contributed by atoms with van der Waals surface area (Å²) in [7, 11) is 0. The van der Waals surface area contributed by atoms with Crippen molar-refractivity contribution in [3.63, 3.8) is 0 Å². The van der Waals surface area contributed by atoms with Crippen LogP contribution in [0.1, 0.15) is 67.3 Å². The van der Waals surface area contributed by atoms with Crippen LogP contribution in [0.2, 0.25) is 0 Å². The molecule has 1 aliphatic heterocycles. The standard InChI is InChI=1S/C29H40FN5O3/c1-6-20(2)32-26(36)22-9-7-8-21(16-22)18-34-12-14-35(15-13-34)27(37)23-10-11-25(24(30)17-23)33-28(38)31-19-29(3,4)5/h7-11,16-17,20H,6,12-15,18-19H2,1-5H3,(H,32,36)(H2,31,33,38)/t20-/m1/s1. The second-order valence-electron chi connectivity index (χ2n) is 11.1. The number of hydrogen-bond acceptors (Lipinski definition) is 4. The second-order valence-corrected chi connectivity index (χ2v) is 11.1. The molecule has 0 aliphatic carbocycles. The first-order valence-electron chi connectivity index (χ1n) is 13.2. The second kappa shape index (κ2) is 12.9. The van der Waals surface area contributed by atoms with Gasteiger partial charge in [-0.15, -0.1) is 0 Å². The van der Waals surface area contributed by atoms with Gasteiger partial charge in [-0.1, -0.05) is 39.8 Å². The van der Waals surface area contributed by atoms with Gasteiger partial charge < -0.3 is 20.9 Å². The third-order valence-electron chi connectivity index (χ3n) is 6.49. The van der Waals surface area contributed by atoms with Crippen LogP contribution in [0.25, 0.3) is 0 Å². The van der Waals surface area contributed by atoms with E-state index >= 15 is 0 Å². The molecule has 0 saturated carbocycles. The summed E-state index contributed by atoms with van der Waals surface area (Å²) < 4.78 is 14.6. The molecule has 0 aromatic heterocycles. The van der Waals surface area contributed by atoms with Gasteiger partial charge in [0.25, 0.3) is 11.8 Å². The van der Waals surface area contributed by atoms with E-state index in [0.29, 0.717) is 44.8 Å². The van der Waals surface area contributed by atoms with E-state index in [1.54, 1.807) is 4.90 Å². The summed E-state index contributed by atoms with van der Waals surface area (Å²) in [6, 6.07) is 11.4. The number of carbonyl (C=O) groups is 3. The fourth-order valence-electron chi connectivity index (χ4n) is 4.03. The molecule has 206 valence electrons. The van der Waals surface area contributed by atoms with E-state index in [4.69, 9.17) is 0 Å². The topological polar surface area (TPSA) is 93.8 Å². The first-order chi connectivity index (χ1) is 17.9. The minimum atomic E-state index is -0.655. The number of halogens is 1. The number of piperazine rings is 1. The average Bonchev–Trinajstić information content (AvgIpc) is 2.88. The molecule has 1 aliphatic rings. The van der Waals surface area contributed by atoms with Gasteiger partial charge >= 0.3 is 6.03 Å². The van der Waals surface area contributed by atoms with Crippen molar-refractivity contribution in [1.82, 2.24) is 20.4 Å². The van der Waals surface area contributed by atoms with Crippen LogP contribution in [0.3, 0.4) is 0 Å². The molecule has 0 radical (unpaired) electrons. The zero-order valence-corrected chi connectivity index (χ0v) is 23.1. The predicted octanol–water partition coefficient (Wildman–Crippen LogP) is 4.48. The number of carbonyl (C=O) groups excluding carboxylic acids is 3. The molecule has 0 unspecified atom stereocenters. The van der Waals surface area contributed by atoms with Gasteiger partial charge in [-0.3, -0.25) is 14.5 Å². The van der Waals surface area contributed by atoms with E-state index in [-0.39, 0.29) is 34.5 Å². The van der Waals surface area contributed by atoms with Crippen LogP contribution in [-0.2, 0) is 6.54 Å². The summed E-state index contributed by atoms with van der Waals surface area (Å²) in [5.74, 6) is -0.968. The maximum absolute atomic E-state index is 14.6. The predicted molar refractivity (Wildman–Crippen MR) is 148 cm³/mol. The molecular weight excluding hydrogens is 485 g/mol. The third kappa shape index (κ3) is 8.55. The Kier molecular flexibility index (Phi) is 9.85. The van der Waals surface area contributed by atoms with E-state index in [1.807, 2.05) is 58.9 Å². The number of nitrogens with zero attached hydrogens (tertiary/aromatic N) is 2. The number of benzene rings is 2. The first kappa shape index (κ1) is 29.1. The Morgan fingerprint density at radius 1 is 1.00 bits per heavy atom. The van der Waals surface area contributed by atoms with Gasteiger partial charge in [0.1, 0.15) is 5.82 Å². The molecular formula is C29H40FN5O3. The zero-order valence-electron chi connectivity index (χ0n) is 23.1. The van der Waals surface area contributed by atoms with Gasteiger partial charge in [0.05, 0.1) is 5.69 Å². The lowest BCUT2D eigenvalue weighted by atomic mass is 9.97. The van der Waals surface area contributed by atoms with E-state index in [0.717, 1.165) is 12.0 Å². The molecule has 2 aromatic rings. The van der Waals surface area contributed by atoms with E-state index in [9.17, 15) is 18.8 Å². The summed E-state index contributed by atoms with van der Waals surface area (Å²) in [6.45, 7) is 13.5. The highest BCUT2D eigenvalue weighted by atomic mass is 19.1. The van der Waals surface area contributed by atoms with Crippen molar-refractivity contribution in [3.05, 3.63) is 65.0 Å². The number of nitrogens with one attached hydrogen (secondary N) is 3. The number of urea groups is 1. The fourth-order valence-corrected chi connectivity index (χ4v) is 4.03. The number of amides is 4. The van der Waals surface area contributed by atoms with Crippen LogP contribution in [0.5, 0.6) is 0 Å². The minimum absolute atomic E-state index is 0.0258. The molecule has 2 aromatic carbocycles. The number of hydrogen-bond donors (Lipinski definition) is 3. The van der Waals surface area contributed by atoms with Gasteiger partial charge in [0.2, 0.25) is 0 Å². The lowest BCUT2D eigenvalue weighted by molar-refractivity contribution is 0.0627. The van der Waals surface area contributed by atoms with Crippen molar-refractivity contribution >= 4 is 23.5 Å². The van der Waals surface area contributed by atoms with Crippen LogP contribution in [0.4, 0.5) is 14.9 Å². The molecule has 3 rings (SSSR count). The monoisotopic (exact) mass is 525 g/mol. The summed E-state index contributed by atoms with van der Waals surface area (Å²) in [5.41, 5.74) is 1.86. The van der Waals surface area contributed by atoms with Crippen molar-refractivity contribution in [3.8, 4) is 0 Å². The van der Waals surface area contributed by atoms with Crippen molar-refractivity contribution in [1.29, 1.82) is 0 Å². The maximum atomic E-state index is 14.6. The highest BCUT2D eigenvalue weighted by Crippen LogP contribution is 2.19. The summed E-state index contributed by atoms with van der Waals surface area (Å²) in [4.78, 5) is 41.5. The fraction of sp³-hybridized carbons (Fsp3) is 0.483. The molecule has 1 heterocycles. The van der Waals surface area contributed by atoms with Crippen LogP contribution in [0, 0.1) is 11.2 Å². The molecule has 38 heavy (non-hydrogen) atoms. The Morgan fingerprint density at radius 3 is 2.34 bits per heavy atom. The molecule has 1 saturated heterocycles. The van der Waals surface area contributed by atoms with Crippen molar-refractivity contribution in [2.24, 2.45) is 5.41 Å². The van der Waals surface area contributed by atoms with Crippen LogP contribution in [-0.4, -0.2) is 66.4 Å². The molecule has 1 fully saturated rings.